The smallest absolute Gasteiger partial charge is 0.262 e. The van der Waals surface area contributed by atoms with E-state index in [4.69, 9.17) is 4.74 Å². The summed E-state index contributed by atoms with van der Waals surface area (Å²) in [5, 5.41) is 12.9. The summed E-state index contributed by atoms with van der Waals surface area (Å²) in [7, 11) is 1.55. The number of phenols is 1. The average molecular weight is 367 g/mol. The maximum atomic E-state index is 13.0. The van der Waals surface area contributed by atoms with E-state index in [0.29, 0.717) is 28.0 Å². The molecule has 0 saturated carbocycles. The largest absolute Gasteiger partial charge is 0.508 e. The Kier molecular flexibility index (Phi) is 5.12. The third kappa shape index (κ3) is 3.92. The number of ether oxygens (including phenoxy) is 1. The summed E-state index contributed by atoms with van der Waals surface area (Å²) in [4.78, 5) is 29.9. The lowest BCUT2D eigenvalue weighted by atomic mass is 10.1. The number of amides is 1. The topological polar surface area (TPSA) is 93.4 Å². The van der Waals surface area contributed by atoms with Crippen LogP contribution in [0.5, 0.6) is 11.5 Å². The number of hydrogen-bond donors (Lipinski definition) is 2. The molecule has 140 valence electrons. The summed E-state index contributed by atoms with van der Waals surface area (Å²) >= 11 is 0. The van der Waals surface area contributed by atoms with Crippen LogP contribution in [0.1, 0.15) is 13.8 Å². The Morgan fingerprint density at radius 3 is 2.74 bits per heavy atom. The molecule has 0 unspecified atom stereocenters. The summed E-state index contributed by atoms with van der Waals surface area (Å²) in [5.41, 5.74) is 0.643. The molecule has 0 saturated heterocycles. The molecule has 3 aromatic rings. The molecule has 27 heavy (non-hydrogen) atoms. The Hall–Kier alpha value is -3.35. The first-order valence-electron chi connectivity index (χ1n) is 8.56. The van der Waals surface area contributed by atoms with E-state index < -0.39 is 0 Å². The zero-order valence-electron chi connectivity index (χ0n) is 15.4. The van der Waals surface area contributed by atoms with Gasteiger partial charge in [-0.1, -0.05) is 12.1 Å². The van der Waals surface area contributed by atoms with Crippen LogP contribution >= 0.6 is 0 Å². The number of rotatable bonds is 5. The molecule has 0 aliphatic rings. The normalized spacial score (nSPS) is 11.0. The van der Waals surface area contributed by atoms with Crippen molar-refractivity contribution in [2.24, 2.45) is 0 Å². The Morgan fingerprint density at radius 1 is 1.26 bits per heavy atom. The van der Waals surface area contributed by atoms with Crippen molar-refractivity contribution in [1.82, 2.24) is 14.9 Å². The fraction of sp³-hybridized carbons (Fsp3) is 0.250. The molecule has 0 aliphatic carbocycles. The fourth-order valence-electron chi connectivity index (χ4n) is 2.85. The molecule has 0 bridgehead atoms. The lowest BCUT2D eigenvalue weighted by molar-refractivity contribution is -0.122. The predicted octanol–water partition coefficient (Wildman–Crippen LogP) is 2.30. The Balaban J connectivity index is 2.23. The van der Waals surface area contributed by atoms with E-state index in [-0.39, 0.29) is 29.8 Å². The van der Waals surface area contributed by atoms with Gasteiger partial charge in [0.1, 0.15) is 23.9 Å². The molecule has 0 aliphatic heterocycles. The van der Waals surface area contributed by atoms with Crippen LogP contribution in [-0.4, -0.2) is 33.7 Å². The third-order valence-corrected chi connectivity index (χ3v) is 4.02. The second-order valence-corrected chi connectivity index (χ2v) is 6.48. The zero-order chi connectivity index (χ0) is 19.6. The lowest BCUT2D eigenvalue weighted by Crippen LogP contribution is -2.37. The second kappa shape index (κ2) is 7.49. The van der Waals surface area contributed by atoms with Crippen LogP contribution in [-0.2, 0) is 11.3 Å². The summed E-state index contributed by atoms with van der Waals surface area (Å²) in [5.74, 6) is 0.671. The van der Waals surface area contributed by atoms with Crippen LogP contribution in [0.2, 0.25) is 0 Å². The number of phenolic OH excluding ortho intramolecular Hbond substituents is 1. The van der Waals surface area contributed by atoms with Crippen molar-refractivity contribution in [3.8, 4) is 22.9 Å². The lowest BCUT2D eigenvalue weighted by Gasteiger charge is -2.15. The fourth-order valence-corrected chi connectivity index (χ4v) is 2.85. The molecule has 2 N–H and O–H groups in total. The number of nitrogens with one attached hydrogen (secondary N) is 1. The van der Waals surface area contributed by atoms with Gasteiger partial charge in [0.25, 0.3) is 5.56 Å². The molecule has 0 fully saturated rings. The van der Waals surface area contributed by atoms with E-state index in [0.717, 1.165) is 0 Å². The molecular weight excluding hydrogens is 346 g/mol. The van der Waals surface area contributed by atoms with Gasteiger partial charge in [-0.25, -0.2) is 4.98 Å². The van der Waals surface area contributed by atoms with E-state index in [9.17, 15) is 14.7 Å². The minimum absolute atomic E-state index is 0.0151. The molecule has 3 rings (SSSR count). The van der Waals surface area contributed by atoms with Crippen molar-refractivity contribution in [2.75, 3.05) is 7.11 Å². The highest BCUT2D eigenvalue weighted by Crippen LogP contribution is 2.24. The minimum atomic E-state index is -0.350. The second-order valence-electron chi connectivity index (χ2n) is 6.48. The van der Waals surface area contributed by atoms with Gasteiger partial charge in [-0.05, 0) is 38.1 Å². The monoisotopic (exact) mass is 367 g/mol. The quantitative estimate of drug-likeness (QED) is 0.722. The van der Waals surface area contributed by atoms with Crippen molar-refractivity contribution in [1.29, 1.82) is 0 Å². The molecule has 2 aromatic carbocycles. The number of carbonyl (C=O) groups excluding carboxylic acids is 1. The van der Waals surface area contributed by atoms with Gasteiger partial charge >= 0.3 is 0 Å². The molecule has 0 atom stereocenters. The molecule has 0 spiro atoms. The molecule has 1 amide bonds. The van der Waals surface area contributed by atoms with Crippen molar-refractivity contribution in [2.45, 2.75) is 26.4 Å². The predicted molar refractivity (Wildman–Crippen MR) is 103 cm³/mol. The third-order valence-electron chi connectivity index (χ3n) is 4.02. The first-order chi connectivity index (χ1) is 12.9. The van der Waals surface area contributed by atoms with E-state index >= 15 is 0 Å². The number of hydrogen-bond acceptors (Lipinski definition) is 5. The van der Waals surface area contributed by atoms with Crippen molar-refractivity contribution in [3.05, 3.63) is 52.8 Å². The first kappa shape index (κ1) is 18.4. The van der Waals surface area contributed by atoms with E-state index in [1.54, 1.807) is 31.4 Å². The first-order valence-corrected chi connectivity index (χ1v) is 8.56. The molecule has 1 heterocycles. The van der Waals surface area contributed by atoms with Gasteiger partial charge in [-0.15, -0.1) is 0 Å². The van der Waals surface area contributed by atoms with Gasteiger partial charge in [0.05, 0.1) is 18.0 Å². The van der Waals surface area contributed by atoms with E-state index in [1.165, 1.54) is 22.8 Å². The van der Waals surface area contributed by atoms with Crippen molar-refractivity contribution in [3.63, 3.8) is 0 Å². The summed E-state index contributed by atoms with van der Waals surface area (Å²) < 4.78 is 6.59. The van der Waals surface area contributed by atoms with E-state index in [2.05, 4.69) is 10.3 Å². The van der Waals surface area contributed by atoms with Crippen molar-refractivity contribution < 1.29 is 14.6 Å². The van der Waals surface area contributed by atoms with Crippen LogP contribution in [0.3, 0.4) is 0 Å². The Bertz CT molecular complexity index is 1060. The molecular formula is C20H21N3O4. The number of benzene rings is 2. The maximum Gasteiger partial charge on any atom is 0.262 e. The molecule has 1 aromatic heterocycles. The standard InChI is InChI=1S/C20H21N3O4/c1-12(2)21-18(25)11-23-19(13-5-4-6-15(9-13)27-3)22-17-10-14(24)7-8-16(17)20(23)26/h4-10,12,24H,11H2,1-3H3,(H,21,25). The number of aromatic nitrogens is 2. The molecule has 7 nitrogen and oxygen atoms in total. The maximum absolute atomic E-state index is 13.0. The molecule has 7 heteroatoms. The Labute approximate surface area is 156 Å². The molecule has 0 radical (unpaired) electrons. The van der Waals surface area contributed by atoms with Crippen LogP contribution in [0.25, 0.3) is 22.3 Å². The van der Waals surface area contributed by atoms with Gasteiger partial charge in [0.2, 0.25) is 5.91 Å². The van der Waals surface area contributed by atoms with Crippen LogP contribution in [0, 0.1) is 0 Å². The number of methoxy groups -OCH3 is 1. The van der Waals surface area contributed by atoms with Gasteiger partial charge in [-0.3, -0.25) is 14.2 Å². The van der Waals surface area contributed by atoms with Gasteiger partial charge < -0.3 is 15.2 Å². The van der Waals surface area contributed by atoms with Gasteiger partial charge in [-0.2, -0.15) is 0 Å². The van der Waals surface area contributed by atoms with Crippen LogP contribution in [0.4, 0.5) is 0 Å². The van der Waals surface area contributed by atoms with Crippen LogP contribution < -0.4 is 15.6 Å². The number of fused-ring (bicyclic) bond motifs is 1. The number of carbonyl (C=O) groups is 1. The Morgan fingerprint density at radius 2 is 2.04 bits per heavy atom. The van der Waals surface area contributed by atoms with E-state index in [1.807, 2.05) is 13.8 Å². The number of nitrogens with zero attached hydrogens (tertiary/aromatic N) is 2. The zero-order valence-corrected chi connectivity index (χ0v) is 15.4. The summed E-state index contributed by atoms with van der Waals surface area (Å²) in [6.45, 7) is 3.55. The van der Waals surface area contributed by atoms with Crippen molar-refractivity contribution >= 4 is 16.8 Å². The highest BCUT2D eigenvalue weighted by atomic mass is 16.5. The minimum Gasteiger partial charge on any atom is -0.508 e. The summed E-state index contributed by atoms with van der Waals surface area (Å²) in [6.07, 6.45) is 0. The van der Waals surface area contributed by atoms with Gasteiger partial charge in [0.15, 0.2) is 0 Å². The average Bonchev–Trinajstić information content (AvgIpc) is 2.63. The number of aromatic hydroxyl groups is 1. The highest BCUT2D eigenvalue weighted by Gasteiger charge is 2.16. The highest BCUT2D eigenvalue weighted by molar-refractivity contribution is 5.83. The van der Waals surface area contributed by atoms with Gasteiger partial charge in [0, 0.05) is 17.7 Å². The SMILES string of the molecule is COc1cccc(-c2nc3cc(O)ccc3c(=O)n2CC(=O)NC(C)C)c1. The summed E-state index contributed by atoms with van der Waals surface area (Å²) in [6, 6.07) is 11.4. The van der Waals surface area contributed by atoms with Crippen LogP contribution in [0.15, 0.2) is 47.3 Å².